The molecule has 0 unspecified atom stereocenters. The molecule has 0 bridgehead atoms. The SMILES string of the molecule is O=C1CCN(CCO[P+](=O)OCCN2CCC(=O)CC2)CC1. The smallest absolute Gasteiger partial charge is 0.300 e. The highest BCUT2D eigenvalue weighted by atomic mass is 31.1. The van der Waals surface area contributed by atoms with E-state index in [0.717, 1.165) is 26.2 Å². The van der Waals surface area contributed by atoms with Gasteiger partial charge in [-0.25, -0.2) is 0 Å². The number of ketones is 2. The lowest BCUT2D eigenvalue weighted by Crippen LogP contribution is -2.36. The fourth-order valence-electron chi connectivity index (χ4n) is 2.58. The van der Waals surface area contributed by atoms with Gasteiger partial charge in [0.15, 0.2) is 0 Å². The number of nitrogens with zero attached hydrogens (tertiary/aromatic N) is 2. The molecular weight excluding hydrogens is 307 g/mol. The standard InChI is InChI=1S/C14H24N2O5P/c17-13-1-5-15(6-2-13)9-11-20-22(19)21-12-10-16-7-3-14(18)4-8-16/h1-12H2/q+1. The molecule has 2 saturated heterocycles. The first-order valence-corrected chi connectivity index (χ1v) is 8.94. The van der Waals surface area contributed by atoms with Crippen LogP contribution in [0.1, 0.15) is 25.7 Å². The van der Waals surface area contributed by atoms with E-state index >= 15 is 0 Å². The predicted octanol–water partition coefficient (Wildman–Crippen LogP) is 1.01. The second-order valence-electron chi connectivity index (χ2n) is 5.65. The molecule has 0 aromatic carbocycles. The highest BCUT2D eigenvalue weighted by molar-refractivity contribution is 7.33. The lowest BCUT2D eigenvalue weighted by Gasteiger charge is -2.24. The lowest BCUT2D eigenvalue weighted by molar-refractivity contribution is -0.122. The van der Waals surface area contributed by atoms with E-state index in [1.807, 2.05) is 0 Å². The maximum atomic E-state index is 11.6. The van der Waals surface area contributed by atoms with Crippen LogP contribution in [0.15, 0.2) is 0 Å². The first-order valence-electron chi connectivity index (χ1n) is 7.84. The highest BCUT2D eigenvalue weighted by Crippen LogP contribution is 2.23. The van der Waals surface area contributed by atoms with Crippen molar-refractivity contribution in [3.63, 3.8) is 0 Å². The number of carbonyl (C=O) groups is 2. The summed E-state index contributed by atoms with van der Waals surface area (Å²) in [5.74, 6) is 0.622. The van der Waals surface area contributed by atoms with Gasteiger partial charge in [-0.15, -0.1) is 9.05 Å². The van der Waals surface area contributed by atoms with Crippen molar-refractivity contribution < 1.29 is 23.2 Å². The molecule has 2 aliphatic heterocycles. The number of hydrogen-bond donors (Lipinski definition) is 0. The summed E-state index contributed by atoms with van der Waals surface area (Å²) < 4.78 is 21.9. The zero-order valence-corrected chi connectivity index (χ0v) is 13.8. The van der Waals surface area contributed by atoms with Gasteiger partial charge in [-0.1, -0.05) is 0 Å². The van der Waals surface area contributed by atoms with Gasteiger partial charge >= 0.3 is 8.25 Å². The Kier molecular flexibility index (Phi) is 7.55. The highest BCUT2D eigenvalue weighted by Gasteiger charge is 2.23. The van der Waals surface area contributed by atoms with Crippen molar-refractivity contribution in [1.29, 1.82) is 0 Å². The Bertz CT molecular complexity index is 362. The molecule has 0 aliphatic carbocycles. The Labute approximate surface area is 131 Å². The summed E-state index contributed by atoms with van der Waals surface area (Å²) in [6, 6.07) is 0. The quantitative estimate of drug-likeness (QED) is 0.614. The number of likely N-dealkylation sites (tertiary alicyclic amines) is 2. The summed E-state index contributed by atoms with van der Waals surface area (Å²) >= 11 is 0. The first kappa shape index (κ1) is 17.6. The maximum absolute atomic E-state index is 11.6. The Morgan fingerprint density at radius 3 is 1.50 bits per heavy atom. The average molecular weight is 331 g/mol. The summed E-state index contributed by atoms with van der Waals surface area (Å²) in [5, 5.41) is 0. The predicted molar refractivity (Wildman–Crippen MR) is 80.9 cm³/mol. The van der Waals surface area contributed by atoms with Crippen LogP contribution in [0.2, 0.25) is 0 Å². The monoisotopic (exact) mass is 331 g/mol. The molecule has 2 aliphatic rings. The zero-order valence-electron chi connectivity index (χ0n) is 12.9. The first-order chi connectivity index (χ1) is 10.6. The van der Waals surface area contributed by atoms with Crippen molar-refractivity contribution in [3.05, 3.63) is 0 Å². The minimum absolute atomic E-state index is 0.311. The van der Waals surface area contributed by atoms with E-state index in [4.69, 9.17) is 9.05 Å². The Morgan fingerprint density at radius 2 is 1.14 bits per heavy atom. The van der Waals surface area contributed by atoms with Crippen LogP contribution in [0, 0.1) is 0 Å². The van der Waals surface area contributed by atoms with Gasteiger partial charge in [-0.2, -0.15) is 0 Å². The third-order valence-electron chi connectivity index (χ3n) is 4.04. The van der Waals surface area contributed by atoms with Gasteiger partial charge in [-0.3, -0.25) is 19.4 Å². The van der Waals surface area contributed by atoms with E-state index in [-0.39, 0.29) is 0 Å². The normalized spacial score (nSPS) is 21.3. The fourth-order valence-corrected chi connectivity index (χ4v) is 3.11. The summed E-state index contributed by atoms with van der Waals surface area (Å²) in [6.45, 7) is 5.07. The van der Waals surface area contributed by atoms with Crippen LogP contribution in [0.4, 0.5) is 0 Å². The van der Waals surface area contributed by atoms with Crippen LogP contribution in [-0.2, 0) is 23.2 Å². The number of hydrogen-bond acceptors (Lipinski definition) is 7. The van der Waals surface area contributed by atoms with E-state index in [1.54, 1.807) is 0 Å². The molecule has 0 aromatic rings. The Hall–Kier alpha value is -0.720. The molecule has 0 N–H and O–H groups in total. The average Bonchev–Trinajstić information content (AvgIpc) is 2.51. The van der Waals surface area contributed by atoms with Gasteiger partial charge in [-0.05, 0) is 0 Å². The van der Waals surface area contributed by atoms with Gasteiger partial charge in [0.05, 0.1) is 0 Å². The molecule has 8 heteroatoms. The van der Waals surface area contributed by atoms with E-state index in [9.17, 15) is 14.2 Å². The van der Waals surface area contributed by atoms with Gasteiger partial charge in [0.25, 0.3) is 0 Å². The van der Waals surface area contributed by atoms with Crippen molar-refractivity contribution >= 4 is 19.8 Å². The third kappa shape index (κ3) is 6.58. The largest absolute Gasteiger partial charge is 0.697 e. The lowest BCUT2D eigenvalue weighted by atomic mass is 10.1. The summed E-state index contributed by atoms with van der Waals surface area (Å²) in [6.07, 6.45) is 2.39. The van der Waals surface area contributed by atoms with Gasteiger partial charge < -0.3 is 0 Å². The molecule has 22 heavy (non-hydrogen) atoms. The zero-order chi connectivity index (χ0) is 15.8. The molecule has 0 aromatic heterocycles. The van der Waals surface area contributed by atoms with Crippen LogP contribution in [0.5, 0.6) is 0 Å². The minimum Gasteiger partial charge on any atom is -0.300 e. The van der Waals surface area contributed by atoms with E-state index in [2.05, 4.69) is 9.80 Å². The second-order valence-corrected chi connectivity index (χ2v) is 6.61. The van der Waals surface area contributed by atoms with Crippen molar-refractivity contribution in [2.24, 2.45) is 0 Å². The number of Topliss-reactive ketones (excluding diaryl/α,β-unsaturated/α-hetero) is 2. The molecule has 0 radical (unpaired) electrons. The minimum atomic E-state index is -2.09. The number of piperidine rings is 2. The van der Waals surface area contributed by atoms with Crippen LogP contribution in [0.25, 0.3) is 0 Å². The maximum Gasteiger partial charge on any atom is 0.697 e. The van der Waals surface area contributed by atoms with Crippen molar-refractivity contribution in [3.8, 4) is 0 Å². The third-order valence-corrected chi connectivity index (χ3v) is 4.82. The van der Waals surface area contributed by atoms with E-state index < -0.39 is 8.25 Å². The van der Waals surface area contributed by atoms with Gasteiger partial charge in [0.2, 0.25) is 0 Å². The number of rotatable bonds is 8. The topological polar surface area (TPSA) is 76.2 Å². The molecular formula is C14H24N2O5P+. The van der Waals surface area contributed by atoms with Crippen LogP contribution >= 0.6 is 8.25 Å². The van der Waals surface area contributed by atoms with Crippen molar-refractivity contribution in [2.75, 3.05) is 52.5 Å². The van der Waals surface area contributed by atoms with Gasteiger partial charge in [0.1, 0.15) is 24.8 Å². The van der Waals surface area contributed by atoms with Crippen molar-refractivity contribution in [2.45, 2.75) is 25.7 Å². The molecule has 2 fully saturated rings. The van der Waals surface area contributed by atoms with E-state index in [0.29, 0.717) is 63.6 Å². The summed E-state index contributed by atoms with van der Waals surface area (Å²) in [4.78, 5) is 26.5. The molecule has 7 nitrogen and oxygen atoms in total. The molecule has 2 rings (SSSR count). The Balaban J connectivity index is 1.47. The molecule has 0 spiro atoms. The molecule has 0 amide bonds. The number of carbonyl (C=O) groups excluding carboxylic acids is 2. The van der Waals surface area contributed by atoms with Crippen LogP contribution in [0.3, 0.4) is 0 Å². The summed E-state index contributed by atoms with van der Waals surface area (Å²) in [7, 11) is -2.09. The Morgan fingerprint density at radius 1 is 0.773 bits per heavy atom. The molecule has 2 heterocycles. The molecule has 124 valence electrons. The fraction of sp³-hybridized carbons (Fsp3) is 0.857. The second kappa shape index (κ2) is 9.43. The van der Waals surface area contributed by atoms with Crippen LogP contribution < -0.4 is 0 Å². The van der Waals surface area contributed by atoms with Crippen molar-refractivity contribution in [1.82, 2.24) is 9.80 Å². The molecule has 0 saturated carbocycles. The molecule has 0 atom stereocenters. The van der Waals surface area contributed by atoms with Gasteiger partial charge in [0, 0.05) is 69.5 Å². The van der Waals surface area contributed by atoms with E-state index in [1.165, 1.54) is 0 Å². The summed E-state index contributed by atoms with van der Waals surface area (Å²) in [5.41, 5.74) is 0. The van der Waals surface area contributed by atoms with Crippen LogP contribution in [-0.4, -0.2) is 73.8 Å².